The third-order valence-corrected chi connectivity index (χ3v) is 8.00. The van der Waals surface area contributed by atoms with Crippen molar-refractivity contribution in [3.05, 3.63) is 28.8 Å². The van der Waals surface area contributed by atoms with Crippen LogP contribution in [-0.4, -0.2) is 62.3 Å². The summed E-state index contributed by atoms with van der Waals surface area (Å²) in [6, 6.07) is 4.33. The molecule has 0 N–H and O–H groups in total. The van der Waals surface area contributed by atoms with E-state index >= 15 is 0 Å². The zero-order valence-electron chi connectivity index (χ0n) is 17.3. The summed E-state index contributed by atoms with van der Waals surface area (Å²) in [5.74, 6) is -0.748. The molecule has 2 fully saturated rings. The van der Waals surface area contributed by atoms with Crippen LogP contribution in [0, 0.1) is 5.92 Å². The van der Waals surface area contributed by atoms with Crippen molar-refractivity contribution in [2.45, 2.75) is 50.3 Å². The lowest BCUT2D eigenvalue weighted by molar-refractivity contribution is -0.149. The molecule has 0 atom stereocenters. The number of amides is 1. The highest BCUT2D eigenvalue weighted by molar-refractivity contribution is 7.89. The Bertz CT molecular complexity index is 873. The molecule has 1 aromatic rings. The molecule has 2 saturated heterocycles. The molecule has 0 bridgehead atoms. The minimum Gasteiger partial charge on any atom is -0.466 e. The molecule has 0 aliphatic carbocycles. The highest BCUT2D eigenvalue weighted by atomic mass is 35.5. The van der Waals surface area contributed by atoms with Crippen molar-refractivity contribution in [2.24, 2.45) is 5.92 Å². The Morgan fingerprint density at radius 1 is 1.07 bits per heavy atom. The summed E-state index contributed by atoms with van der Waals surface area (Å²) in [5, 5.41) is 0.224. The molecule has 9 heteroatoms. The molecule has 0 spiro atoms. The minimum atomic E-state index is -3.67. The molecule has 0 unspecified atom stereocenters. The summed E-state index contributed by atoms with van der Waals surface area (Å²) in [7, 11) is -3.67. The first-order valence-corrected chi connectivity index (χ1v) is 12.4. The quantitative estimate of drug-likeness (QED) is 0.634. The maximum atomic E-state index is 13.1. The average molecular weight is 457 g/mol. The van der Waals surface area contributed by atoms with Gasteiger partial charge in [-0.25, -0.2) is 8.42 Å². The van der Waals surface area contributed by atoms with Gasteiger partial charge in [0.25, 0.3) is 5.91 Å². The number of ether oxygens (including phenoxy) is 1. The van der Waals surface area contributed by atoms with Gasteiger partial charge in [0.1, 0.15) is 0 Å². The van der Waals surface area contributed by atoms with E-state index in [1.807, 2.05) is 0 Å². The Morgan fingerprint density at radius 2 is 1.70 bits per heavy atom. The van der Waals surface area contributed by atoms with E-state index in [0.29, 0.717) is 45.6 Å². The number of likely N-dealkylation sites (tertiary alicyclic amines) is 1. The highest BCUT2D eigenvalue weighted by Gasteiger charge is 2.31. The average Bonchev–Trinajstić information content (AvgIpc) is 3.04. The minimum absolute atomic E-state index is 0.0959. The van der Waals surface area contributed by atoms with Crippen molar-refractivity contribution >= 4 is 33.5 Å². The predicted octanol–water partition coefficient (Wildman–Crippen LogP) is 3.32. The van der Waals surface area contributed by atoms with E-state index < -0.39 is 10.0 Å². The number of sulfonamides is 1. The largest absolute Gasteiger partial charge is 0.466 e. The van der Waals surface area contributed by atoms with Crippen LogP contribution in [-0.2, 0) is 19.6 Å². The van der Waals surface area contributed by atoms with E-state index in [4.69, 9.17) is 16.3 Å². The first-order valence-electron chi connectivity index (χ1n) is 10.6. The maximum Gasteiger partial charge on any atom is 0.309 e. The van der Waals surface area contributed by atoms with Crippen LogP contribution < -0.4 is 0 Å². The third kappa shape index (κ3) is 5.15. The number of hydrogen-bond donors (Lipinski definition) is 0. The zero-order valence-corrected chi connectivity index (χ0v) is 18.9. The van der Waals surface area contributed by atoms with E-state index in [1.54, 1.807) is 11.8 Å². The van der Waals surface area contributed by atoms with Crippen molar-refractivity contribution in [1.29, 1.82) is 0 Å². The van der Waals surface area contributed by atoms with E-state index in [1.165, 1.54) is 22.5 Å². The van der Waals surface area contributed by atoms with Crippen LogP contribution in [0.5, 0.6) is 0 Å². The van der Waals surface area contributed by atoms with Crippen molar-refractivity contribution in [3.63, 3.8) is 0 Å². The zero-order chi connectivity index (χ0) is 21.7. The lowest BCUT2D eigenvalue weighted by atomic mass is 9.96. The Kier molecular flexibility index (Phi) is 7.76. The molecule has 1 amide bonds. The van der Waals surface area contributed by atoms with Crippen molar-refractivity contribution < 1.29 is 22.7 Å². The van der Waals surface area contributed by atoms with Crippen LogP contribution >= 0.6 is 11.6 Å². The molecule has 2 aliphatic rings. The van der Waals surface area contributed by atoms with Crippen LogP contribution in [0.1, 0.15) is 55.8 Å². The van der Waals surface area contributed by atoms with Gasteiger partial charge >= 0.3 is 5.97 Å². The van der Waals surface area contributed by atoms with Gasteiger partial charge in [-0.05, 0) is 50.8 Å². The van der Waals surface area contributed by atoms with Gasteiger partial charge in [-0.2, -0.15) is 4.31 Å². The Hall–Kier alpha value is -1.64. The lowest BCUT2D eigenvalue weighted by Crippen LogP contribution is -2.41. The Balaban J connectivity index is 1.75. The number of benzene rings is 1. The monoisotopic (exact) mass is 456 g/mol. The van der Waals surface area contributed by atoms with E-state index in [9.17, 15) is 18.0 Å². The first-order chi connectivity index (χ1) is 14.3. The Labute approximate surface area is 183 Å². The standard InChI is InChI=1S/C21H29ClN2O5S/c1-2-29-21(26)16-9-13-23(14-10-16)20(25)18-15-17(7-8-19(18)22)30(27,28)24-11-5-3-4-6-12-24/h7-8,15-16H,2-6,9-14H2,1H3. The summed E-state index contributed by atoms with van der Waals surface area (Å²) >= 11 is 6.26. The molecule has 7 nitrogen and oxygen atoms in total. The SMILES string of the molecule is CCOC(=O)C1CCN(C(=O)c2cc(S(=O)(=O)N3CCCCCC3)ccc2Cl)CC1. The topological polar surface area (TPSA) is 84.0 Å². The van der Waals surface area contributed by atoms with Gasteiger partial charge < -0.3 is 9.64 Å². The van der Waals surface area contributed by atoms with Gasteiger partial charge in [-0.3, -0.25) is 9.59 Å². The second-order valence-electron chi connectivity index (χ2n) is 7.78. The summed E-state index contributed by atoms with van der Waals surface area (Å²) in [4.78, 5) is 26.7. The van der Waals surface area contributed by atoms with E-state index in [2.05, 4.69) is 0 Å². The second-order valence-corrected chi connectivity index (χ2v) is 10.1. The van der Waals surface area contributed by atoms with Gasteiger partial charge in [-0.15, -0.1) is 0 Å². The number of esters is 1. The van der Waals surface area contributed by atoms with Crippen LogP contribution in [0.4, 0.5) is 0 Å². The number of hydrogen-bond acceptors (Lipinski definition) is 5. The van der Waals surface area contributed by atoms with Crippen LogP contribution in [0.3, 0.4) is 0 Å². The third-order valence-electron chi connectivity index (χ3n) is 5.77. The summed E-state index contributed by atoms with van der Waals surface area (Å²) < 4.78 is 32.7. The normalized spacial score (nSPS) is 19.3. The molecule has 0 radical (unpaired) electrons. The molecule has 30 heavy (non-hydrogen) atoms. The van der Waals surface area contributed by atoms with Crippen LogP contribution in [0.25, 0.3) is 0 Å². The fourth-order valence-electron chi connectivity index (χ4n) is 4.01. The van der Waals surface area contributed by atoms with Crippen molar-refractivity contribution in [1.82, 2.24) is 9.21 Å². The summed E-state index contributed by atoms with van der Waals surface area (Å²) in [6.45, 7) is 3.91. The lowest BCUT2D eigenvalue weighted by Gasteiger charge is -2.31. The molecule has 0 aromatic heterocycles. The van der Waals surface area contributed by atoms with Crippen LogP contribution in [0.2, 0.25) is 5.02 Å². The number of halogens is 1. The van der Waals surface area contributed by atoms with Crippen molar-refractivity contribution in [2.75, 3.05) is 32.8 Å². The molecule has 1 aromatic carbocycles. The predicted molar refractivity (Wildman–Crippen MR) is 114 cm³/mol. The van der Waals surface area contributed by atoms with Gasteiger partial charge in [0.15, 0.2) is 0 Å². The van der Waals surface area contributed by atoms with E-state index in [0.717, 1.165) is 25.7 Å². The van der Waals surface area contributed by atoms with Gasteiger partial charge in [-0.1, -0.05) is 24.4 Å². The van der Waals surface area contributed by atoms with Gasteiger partial charge in [0.2, 0.25) is 10.0 Å². The number of piperidine rings is 1. The highest BCUT2D eigenvalue weighted by Crippen LogP contribution is 2.27. The fraction of sp³-hybridized carbons (Fsp3) is 0.619. The fourth-order valence-corrected chi connectivity index (χ4v) is 5.75. The molecule has 2 aliphatic heterocycles. The van der Waals surface area contributed by atoms with Crippen LogP contribution in [0.15, 0.2) is 23.1 Å². The van der Waals surface area contributed by atoms with Gasteiger partial charge in [0.05, 0.1) is 28.0 Å². The molecule has 2 heterocycles. The van der Waals surface area contributed by atoms with E-state index in [-0.39, 0.29) is 33.3 Å². The molecule has 166 valence electrons. The summed E-state index contributed by atoms with van der Waals surface area (Å²) in [5.41, 5.74) is 0.183. The molecular formula is C21H29ClN2O5S. The maximum absolute atomic E-state index is 13.1. The number of carbonyl (C=O) groups excluding carboxylic acids is 2. The molecular weight excluding hydrogens is 428 g/mol. The number of carbonyl (C=O) groups is 2. The second kappa shape index (κ2) is 10.1. The first kappa shape index (κ1) is 23.0. The number of rotatable bonds is 5. The van der Waals surface area contributed by atoms with Gasteiger partial charge in [0, 0.05) is 26.2 Å². The molecule has 0 saturated carbocycles. The Morgan fingerprint density at radius 3 is 2.30 bits per heavy atom. The summed E-state index contributed by atoms with van der Waals surface area (Å²) in [6.07, 6.45) is 4.78. The number of nitrogens with zero attached hydrogens (tertiary/aromatic N) is 2. The van der Waals surface area contributed by atoms with Crippen molar-refractivity contribution in [3.8, 4) is 0 Å². The molecule has 3 rings (SSSR count). The smallest absolute Gasteiger partial charge is 0.309 e.